The number of para-hydroxylation sites is 1. The van der Waals surface area contributed by atoms with E-state index < -0.39 is 0 Å². The fourth-order valence-electron chi connectivity index (χ4n) is 3.11. The van der Waals surface area contributed by atoms with Crippen molar-refractivity contribution in [2.75, 3.05) is 19.6 Å². The monoisotopic (exact) mass is 316 g/mol. The number of hydrogen-bond donors (Lipinski definition) is 5. The van der Waals surface area contributed by atoms with Crippen molar-refractivity contribution < 1.29 is 4.79 Å². The molecule has 3 rings (SSSR count). The quantitative estimate of drug-likeness (QED) is 0.511. The molecule has 1 fully saturated rings. The Hall–Kier alpha value is -1.96. The number of hydrogen-bond acceptors (Lipinski definition) is 5. The number of benzene rings is 1. The van der Waals surface area contributed by atoms with Crippen LogP contribution in [0.5, 0.6) is 0 Å². The Labute approximate surface area is 135 Å². The van der Waals surface area contributed by atoms with Gasteiger partial charge in [0.05, 0.1) is 23.6 Å². The third-order valence-electron chi connectivity index (χ3n) is 4.28. The second-order valence-corrected chi connectivity index (χ2v) is 5.99. The van der Waals surface area contributed by atoms with Crippen LogP contribution in [0, 0.1) is 0 Å². The van der Waals surface area contributed by atoms with Crippen LogP contribution in [0.1, 0.15) is 30.3 Å². The number of carbonyl (C=O) groups is 1. The molecule has 1 saturated heterocycles. The number of fused-ring (bicyclic) bond motifs is 1. The summed E-state index contributed by atoms with van der Waals surface area (Å²) in [5.74, 6) is 0.802. The lowest BCUT2D eigenvalue weighted by molar-refractivity contribution is -0.120. The Morgan fingerprint density at radius 3 is 3.04 bits per heavy atom. The molecule has 7 N–H and O–H groups in total. The van der Waals surface area contributed by atoms with Crippen molar-refractivity contribution in [2.24, 2.45) is 11.5 Å². The highest BCUT2D eigenvalue weighted by Crippen LogP contribution is 2.25. The maximum absolute atomic E-state index is 11.4. The van der Waals surface area contributed by atoms with Gasteiger partial charge >= 0.3 is 0 Å². The minimum atomic E-state index is -0.119. The van der Waals surface area contributed by atoms with Gasteiger partial charge in [0.2, 0.25) is 5.91 Å². The van der Waals surface area contributed by atoms with Gasteiger partial charge < -0.3 is 27.1 Å². The third kappa shape index (κ3) is 3.52. The smallest absolute Gasteiger partial charge is 0.233 e. The van der Waals surface area contributed by atoms with Gasteiger partial charge in [-0.1, -0.05) is 12.1 Å². The number of nitrogens with two attached hydrogens (primary N) is 2. The highest BCUT2D eigenvalue weighted by Gasteiger charge is 2.28. The summed E-state index contributed by atoms with van der Waals surface area (Å²) in [6.45, 7) is 1.43. The zero-order valence-electron chi connectivity index (χ0n) is 13.1. The maximum atomic E-state index is 11.4. The molecule has 1 aromatic carbocycles. The van der Waals surface area contributed by atoms with E-state index in [1.54, 1.807) is 0 Å². The number of H-pyrrole nitrogens is 1. The van der Waals surface area contributed by atoms with Gasteiger partial charge in [0.15, 0.2) is 0 Å². The molecule has 0 saturated carbocycles. The molecule has 0 spiro atoms. The summed E-state index contributed by atoms with van der Waals surface area (Å²) in [5, 5.41) is 6.33. The van der Waals surface area contributed by atoms with Crippen molar-refractivity contribution in [3.63, 3.8) is 0 Å². The third-order valence-corrected chi connectivity index (χ3v) is 4.28. The summed E-state index contributed by atoms with van der Waals surface area (Å²) >= 11 is 0. The largest absolute Gasteiger partial charge is 0.351 e. The predicted molar refractivity (Wildman–Crippen MR) is 89.8 cm³/mol. The Morgan fingerprint density at radius 2 is 2.26 bits per heavy atom. The van der Waals surface area contributed by atoms with Crippen LogP contribution < -0.4 is 22.1 Å². The average Bonchev–Trinajstić information content (AvgIpc) is 3.19. The van der Waals surface area contributed by atoms with Gasteiger partial charge in [0.1, 0.15) is 5.82 Å². The Bertz CT molecular complexity index is 682. The summed E-state index contributed by atoms with van der Waals surface area (Å²) in [7, 11) is 0. The summed E-state index contributed by atoms with van der Waals surface area (Å²) in [6, 6.07) is 6.41. The lowest BCUT2D eigenvalue weighted by Crippen LogP contribution is -2.39. The van der Waals surface area contributed by atoms with Crippen LogP contribution in [0.15, 0.2) is 18.2 Å². The van der Waals surface area contributed by atoms with E-state index in [0.717, 1.165) is 42.7 Å². The molecular formula is C16H24N6O. The number of aromatic amines is 1. The van der Waals surface area contributed by atoms with Crippen LogP contribution in [0.4, 0.5) is 0 Å². The second-order valence-electron chi connectivity index (χ2n) is 5.99. The fraction of sp³-hybridized carbons (Fsp3) is 0.500. The zero-order valence-corrected chi connectivity index (χ0v) is 13.1. The molecular weight excluding hydrogens is 292 g/mol. The van der Waals surface area contributed by atoms with Crippen LogP contribution in [-0.2, 0) is 11.2 Å². The number of rotatable bonds is 6. The molecule has 2 aromatic rings. The first-order valence-electron chi connectivity index (χ1n) is 8.11. The second kappa shape index (κ2) is 7.08. The van der Waals surface area contributed by atoms with E-state index in [1.807, 2.05) is 12.1 Å². The van der Waals surface area contributed by atoms with E-state index in [-0.39, 0.29) is 24.5 Å². The number of imidazole rings is 1. The normalized spacial score (nSPS) is 21.0. The summed E-state index contributed by atoms with van der Waals surface area (Å²) in [6.07, 6.45) is 2.70. The van der Waals surface area contributed by atoms with Crippen molar-refractivity contribution in [3.05, 3.63) is 29.6 Å². The number of amides is 1. The molecule has 1 aliphatic rings. The van der Waals surface area contributed by atoms with E-state index in [4.69, 9.17) is 16.5 Å². The van der Waals surface area contributed by atoms with E-state index in [0.29, 0.717) is 6.54 Å². The summed E-state index contributed by atoms with van der Waals surface area (Å²) in [5.41, 5.74) is 14.2. The molecule has 0 bridgehead atoms. The first-order chi connectivity index (χ1) is 11.2. The molecule has 2 atom stereocenters. The lowest BCUT2D eigenvalue weighted by atomic mass is 10.1. The molecule has 124 valence electrons. The van der Waals surface area contributed by atoms with Crippen LogP contribution in [0.3, 0.4) is 0 Å². The van der Waals surface area contributed by atoms with Gasteiger partial charge in [-0.25, -0.2) is 4.98 Å². The molecule has 0 radical (unpaired) electrons. The van der Waals surface area contributed by atoms with Gasteiger partial charge in [-0.05, 0) is 37.4 Å². The highest BCUT2D eigenvalue weighted by atomic mass is 16.1. The van der Waals surface area contributed by atoms with Gasteiger partial charge in [0.25, 0.3) is 0 Å². The van der Waals surface area contributed by atoms with Crippen molar-refractivity contribution in [3.8, 4) is 0 Å². The zero-order chi connectivity index (χ0) is 16.2. The SMILES string of the molecule is NCCCc1cccc2[nH]c([C@@H]3C[C@@H](NC(=O)CN)CN3)nc12. The first kappa shape index (κ1) is 15.9. The van der Waals surface area contributed by atoms with Gasteiger partial charge in [-0.2, -0.15) is 0 Å². The van der Waals surface area contributed by atoms with Crippen molar-refractivity contribution >= 4 is 16.9 Å². The Kier molecular flexibility index (Phi) is 4.90. The molecule has 2 heterocycles. The van der Waals surface area contributed by atoms with Crippen molar-refractivity contribution in [1.29, 1.82) is 0 Å². The molecule has 7 heteroatoms. The average molecular weight is 316 g/mol. The van der Waals surface area contributed by atoms with Crippen molar-refractivity contribution in [1.82, 2.24) is 20.6 Å². The molecule has 0 aliphatic carbocycles. The van der Waals surface area contributed by atoms with Gasteiger partial charge in [-0.15, -0.1) is 0 Å². The predicted octanol–water partition coefficient (Wildman–Crippen LogP) is -0.0679. The molecule has 0 unspecified atom stereocenters. The van der Waals surface area contributed by atoms with Gasteiger partial charge in [-0.3, -0.25) is 4.79 Å². The molecule has 7 nitrogen and oxygen atoms in total. The first-order valence-corrected chi connectivity index (χ1v) is 8.11. The number of carbonyl (C=O) groups excluding carboxylic acids is 1. The minimum Gasteiger partial charge on any atom is -0.351 e. The van der Waals surface area contributed by atoms with E-state index in [1.165, 1.54) is 5.56 Å². The van der Waals surface area contributed by atoms with E-state index in [2.05, 4.69) is 21.7 Å². The minimum absolute atomic E-state index is 0.0241. The number of aryl methyl sites for hydroxylation is 1. The van der Waals surface area contributed by atoms with E-state index >= 15 is 0 Å². The molecule has 1 amide bonds. The number of aromatic nitrogens is 2. The summed E-state index contributed by atoms with van der Waals surface area (Å²) < 4.78 is 0. The fourth-order valence-corrected chi connectivity index (χ4v) is 3.11. The Morgan fingerprint density at radius 1 is 1.39 bits per heavy atom. The van der Waals surface area contributed by atoms with E-state index in [9.17, 15) is 4.79 Å². The maximum Gasteiger partial charge on any atom is 0.233 e. The molecule has 1 aromatic heterocycles. The molecule has 23 heavy (non-hydrogen) atoms. The van der Waals surface area contributed by atoms with Crippen LogP contribution >= 0.6 is 0 Å². The van der Waals surface area contributed by atoms with Crippen LogP contribution in [-0.4, -0.2) is 41.6 Å². The topological polar surface area (TPSA) is 122 Å². The lowest BCUT2D eigenvalue weighted by Gasteiger charge is -2.10. The summed E-state index contributed by atoms with van der Waals surface area (Å²) in [4.78, 5) is 19.6. The van der Waals surface area contributed by atoms with Gasteiger partial charge in [0, 0.05) is 12.6 Å². The standard InChI is InChI=1S/C16H24N6O/c17-6-2-4-10-3-1-5-12-15(10)22-16(21-12)13-7-11(9-19-13)20-14(23)8-18/h1,3,5,11,13,19H,2,4,6-9,17-18H2,(H,20,23)(H,21,22)/t11-,13+/m1/s1. The highest BCUT2D eigenvalue weighted by molar-refractivity contribution is 5.79. The van der Waals surface area contributed by atoms with Crippen LogP contribution in [0.2, 0.25) is 0 Å². The number of nitrogens with one attached hydrogen (secondary N) is 3. The number of nitrogens with zero attached hydrogens (tertiary/aromatic N) is 1. The molecule has 1 aliphatic heterocycles. The Balaban J connectivity index is 1.75. The van der Waals surface area contributed by atoms with Crippen molar-refractivity contribution in [2.45, 2.75) is 31.3 Å². The van der Waals surface area contributed by atoms with Crippen LogP contribution in [0.25, 0.3) is 11.0 Å².